The van der Waals surface area contributed by atoms with E-state index in [4.69, 9.17) is 34.8 Å². The molecule has 2 aromatic carbocycles. The number of aromatic nitrogens is 3. The van der Waals surface area contributed by atoms with Crippen LogP contribution in [0.15, 0.2) is 42.6 Å². The molecule has 1 heterocycles. The number of hydrogen-bond donors (Lipinski definition) is 2. The molecule has 2 N–H and O–H groups in total. The summed E-state index contributed by atoms with van der Waals surface area (Å²) in [7, 11) is 0. The van der Waals surface area contributed by atoms with Gasteiger partial charge in [-0.05, 0) is 36.8 Å². The van der Waals surface area contributed by atoms with Gasteiger partial charge in [-0.15, -0.1) is 5.10 Å². The lowest BCUT2D eigenvalue weighted by atomic mass is 10.2. The fourth-order valence-electron chi connectivity index (χ4n) is 1.96. The first-order valence-corrected chi connectivity index (χ1v) is 8.10. The maximum absolute atomic E-state index is 6.14. The Morgan fingerprint density at radius 3 is 2.38 bits per heavy atom. The van der Waals surface area contributed by atoms with E-state index in [1.807, 2.05) is 19.1 Å². The van der Waals surface area contributed by atoms with Gasteiger partial charge >= 0.3 is 0 Å². The van der Waals surface area contributed by atoms with Crippen LogP contribution in [0.25, 0.3) is 0 Å². The first-order chi connectivity index (χ1) is 11.5. The highest BCUT2D eigenvalue weighted by atomic mass is 35.5. The van der Waals surface area contributed by atoms with Crippen molar-refractivity contribution < 1.29 is 0 Å². The zero-order valence-corrected chi connectivity index (χ0v) is 14.8. The van der Waals surface area contributed by atoms with Crippen LogP contribution in [0.2, 0.25) is 15.1 Å². The van der Waals surface area contributed by atoms with Crippen LogP contribution in [0.5, 0.6) is 0 Å². The maximum atomic E-state index is 6.14. The molecule has 0 fully saturated rings. The highest BCUT2D eigenvalue weighted by Crippen LogP contribution is 2.32. The quantitative estimate of drug-likeness (QED) is 0.614. The molecule has 0 aliphatic rings. The van der Waals surface area contributed by atoms with E-state index in [9.17, 15) is 0 Å². The van der Waals surface area contributed by atoms with E-state index in [1.165, 1.54) is 6.20 Å². The third-order valence-electron chi connectivity index (χ3n) is 3.20. The molecule has 0 bridgehead atoms. The molecule has 3 rings (SSSR count). The van der Waals surface area contributed by atoms with Crippen molar-refractivity contribution in [1.82, 2.24) is 15.2 Å². The van der Waals surface area contributed by atoms with Gasteiger partial charge in [-0.3, -0.25) is 0 Å². The van der Waals surface area contributed by atoms with E-state index >= 15 is 0 Å². The third kappa shape index (κ3) is 3.87. The van der Waals surface area contributed by atoms with Gasteiger partial charge in [0.2, 0.25) is 5.95 Å². The summed E-state index contributed by atoms with van der Waals surface area (Å²) in [6.45, 7) is 1.93. The van der Waals surface area contributed by atoms with E-state index < -0.39 is 0 Å². The number of aryl methyl sites for hydroxylation is 1. The monoisotopic (exact) mass is 379 g/mol. The number of nitrogens with one attached hydrogen (secondary N) is 2. The Balaban J connectivity index is 1.82. The fraction of sp³-hybridized carbons (Fsp3) is 0.0625. The van der Waals surface area contributed by atoms with Crippen molar-refractivity contribution >= 4 is 57.9 Å². The molecule has 0 aliphatic carbocycles. The molecule has 0 atom stereocenters. The minimum atomic E-state index is 0.322. The van der Waals surface area contributed by atoms with E-state index in [0.717, 1.165) is 11.3 Å². The van der Waals surface area contributed by atoms with Gasteiger partial charge in [-0.1, -0.05) is 46.9 Å². The molecule has 0 aliphatic heterocycles. The maximum Gasteiger partial charge on any atom is 0.249 e. The average molecular weight is 381 g/mol. The van der Waals surface area contributed by atoms with Crippen molar-refractivity contribution in [3.8, 4) is 0 Å². The van der Waals surface area contributed by atoms with Crippen molar-refractivity contribution in [1.29, 1.82) is 0 Å². The first kappa shape index (κ1) is 16.8. The summed E-state index contributed by atoms with van der Waals surface area (Å²) < 4.78 is 0. The lowest BCUT2D eigenvalue weighted by Gasteiger charge is -2.10. The van der Waals surface area contributed by atoms with Crippen LogP contribution < -0.4 is 10.6 Å². The number of halogens is 3. The Morgan fingerprint density at radius 1 is 0.917 bits per heavy atom. The Bertz CT molecular complexity index is 865. The highest BCUT2D eigenvalue weighted by molar-refractivity contribution is 6.39. The van der Waals surface area contributed by atoms with E-state index in [-0.39, 0.29) is 0 Å². The Labute approximate surface area is 154 Å². The smallest absolute Gasteiger partial charge is 0.249 e. The molecule has 1 aromatic heterocycles. The minimum Gasteiger partial charge on any atom is -0.336 e. The number of para-hydroxylation sites is 1. The molecule has 0 unspecified atom stereocenters. The van der Waals surface area contributed by atoms with Crippen LogP contribution >= 0.6 is 34.8 Å². The zero-order valence-electron chi connectivity index (χ0n) is 12.5. The Hall–Kier alpha value is -2.08. The summed E-state index contributed by atoms with van der Waals surface area (Å²) in [6, 6.07) is 10.8. The molecular formula is C16H12Cl3N5. The highest BCUT2D eigenvalue weighted by Gasteiger charge is 2.08. The summed E-state index contributed by atoms with van der Waals surface area (Å²) in [5.74, 6) is 0.781. The van der Waals surface area contributed by atoms with Crippen molar-refractivity contribution in [3.05, 3.63) is 63.2 Å². The fourth-order valence-corrected chi connectivity index (χ4v) is 2.63. The van der Waals surface area contributed by atoms with Crippen LogP contribution in [-0.4, -0.2) is 15.2 Å². The normalized spacial score (nSPS) is 10.5. The lowest BCUT2D eigenvalue weighted by molar-refractivity contribution is 0.982. The minimum absolute atomic E-state index is 0.322. The molecule has 24 heavy (non-hydrogen) atoms. The summed E-state index contributed by atoms with van der Waals surface area (Å²) in [5, 5.41) is 15.6. The second kappa shape index (κ2) is 7.21. The van der Waals surface area contributed by atoms with Crippen LogP contribution in [-0.2, 0) is 0 Å². The summed E-state index contributed by atoms with van der Waals surface area (Å²) in [6.07, 6.45) is 1.48. The van der Waals surface area contributed by atoms with E-state index in [0.29, 0.717) is 32.5 Å². The summed E-state index contributed by atoms with van der Waals surface area (Å²) in [4.78, 5) is 4.34. The van der Waals surface area contributed by atoms with Gasteiger partial charge in [0.1, 0.15) is 0 Å². The van der Waals surface area contributed by atoms with Crippen LogP contribution in [0.3, 0.4) is 0 Å². The number of nitrogens with zero attached hydrogens (tertiary/aromatic N) is 3. The van der Waals surface area contributed by atoms with Gasteiger partial charge in [0, 0.05) is 10.7 Å². The molecule has 122 valence electrons. The van der Waals surface area contributed by atoms with Crippen LogP contribution in [0.1, 0.15) is 5.56 Å². The number of benzene rings is 2. The molecule has 3 aromatic rings. The van der Waals surface area contributed by atoms with Gasteiger partial charge in [0.15, 0.2) is 5.82 Å². The lowest BCUT2D eigenvalue weighted by Crippen LogP contribution is -2.03. The van der Waals surface area contributed by atoms with Crippen molar-refractivity contribution in [2.45, 2.75) is 6.92 Å². The molecular weight excluding hydrogens is 369 g/mol. The topological polar surface area (TPSA) is 62.7 Å². The molecule has 0 saturated heterocycles. The Morgan fingerprint density at radius 2 is 1.67 bits per heavy atom. The van der Waals surface area contributed by atoms with Gasteiger partial charge in [0.05, 0.1) is 21.9 Å². The van der Waals surface area contributed by atoms with Crippen LogP contribution in [0.4, 0.5) is 23.1 Å². The third-order valence-corrected chi connectivity index (χ3v) is 4.24. The van der Waals surface area contributed by atoms with Crippen molar-refractivity contribution in [3.63, 3.8) is 0 Å². The van der Waals surface area contributed by atoms with Crippen LogP contribution in [0, 0.1) is 6.92 Å². The van der Waals surface area contributed by atoms with Gasteiger partial charge in [-0.25, -0.2) is 0 Å². The Kier molecular flexibility index (Phi) is 5.04. The average Bonchev–Trinajstić information content (AvgIpc) is 2.55. The number of rotatable bonds is 4. The molecule has 8 heteroatoms. The first-order valence-electron chi connectivity index (χ1n) is 6.97. The SMILES string of the molecule is Cc1ccc(Nc2nncc(Nc3c(Cl)cccc3Cl)n2)cc1Cl. The second-order valence-electron chi connectivity index (χ2n) is 4.98. The summed E-state index contributed by atoms with van der Waals surface area (Å²) in [5.41, 5.74) is 2.32. The van der Waals surface area contributed by atoms with Crippen molar-refractivity contribution in [2.24, 2.45) is 0 Å². The van der Waals surface area contributed by atoms with Gasteiger partial charge in [-0.2, -0.15) is 10.1 Å². The van der Waals surface area contributed by atoms with Crippen molar-refractivity contribution in [2.75, 3.05) is 10.6 Å². The van der Waals surface area contributed by atoms with Gasteiger partial charge in [0.25, 0.3) is 0 Å². The molecule has 5 nitrogen and oxygen atoms in total. The molecule has 0 radical (unpaired) electrons. The molecule has 0 spiro atoms. The largest absolute Gasteiger partial charge is 0.336 e. The standard InChI is InChI=1S/C16H12Cl3N5/c1-9-5-6-10(7-13(9)19)21-16-23-14(8-20-24-16)22-15-11(17)3-2-4-12(15)18/h2-8H,1H3,(H2,21,22,23,24). The predicted octanol–water partition coefficient (Wildman–Crippen LogP) is 5.63. The van der Waals surface area contributed by atoms with Gasteiger partial charge < -0.3 is 10.6 Å². The molecule has 0 saturated carbocycles. The summed E-state index contributed by atoms with van der Waals surface area (Å²) >= 11 is 18.4. The predicted molar refractivity (Wildman–Crippen MR) is 99.0 cm³/mol. The second-order valence-corrected chi connectivity index (χ2v) is 6.20. The number of hydrogen-bond acceptors (Lipinski definition) is 5. The zero-order chi connectivity index (χ0) is 17.1. The number of anilines is 4. The molecule has 0 amide bonds. The van der Waals surface area contributed by atoms with E-state index in [1.54, 1.807) is 24.3 Å². The van der Waals surface area contributed by atoms with E-state index in [2.05, 4.69) is 25.8 Å².